The molecule has 0 spiro atoms. The van der Waals surface area contributed by atoms with E-state index in [1.807, 2.05) is 20.8 Å². The van der Waals surface area contributed by atoms with E-state index in [1.54, 1.807) is 18.2 Å². The third-order valence-corrected chi connectivity index (χ3v) is 4.99. The molecule has 1 aromatic carbocycles. The van der Waals surface area contributed by atoms with Crippen LogP contribution < -0.4 is 16.2 Å². The topological polar surface area (TPSA) is 134 Å². The first-order valence-corrected chi connectivity index (χ1v) is 10.0. The van der Waals surface area contributed by atoms with Gasteiger partial charge in [0.25, 0.3) is 5.91 Å². The largest absolute Gasteiger partial charge is 0.380 e. The van der Waals surface area contributed by atoms with Gasteiger partial charge in [-0.15, -0.1) is 5.10 Å². The van der Waals surface area contributed by atoms with Gasteiger partial charge in [0.2, 0.25) is 5.91 Å². The van der Waals surface area contributed by atoms with E-state index in [9.17, 15) is 14.7 Å². The molecule has 1 fully saturated rings. The number of carbonyl (C=O) groups excluding carboxylic acids is 2. The summed E-state index contributed by atoms with van der Waals surface area (Å²) in [6, 6.07) is 4.51. The number of rotatable bonds is 6. The molecule has 2 aromatic rings. The molecule has 1 saturated heterocycles. The molecule has 10 nitrogen and oxygen atoms in total. The molecular formula is C19H26ClN7O3. The van der Waals surface area contributed by atoms with E-state index in [0.29, 0.717) is 29.2 Å². The number of aliphatic hydroxyl groups is 1. The average Bonchev–Trinajstić information content (AvgIpc) is 3.34. The summed E-state index contributed by atoms with van der Waals surface area (Å²) in [5.41, 5.74) is 4.57. The van der Waals surface area contributed by atoms with Crippen molar-refractivity contribution in [3.05, 3.63) is 35.1 Å². The van der Waals surface area contributed by atoms with E-state index in [0.717, 1.165) is 0 Å². The van der Waals surface area contributed by atoms with Crippen LogP contribution in [-0.4, -0.2) is 55.3 Å². The lowest BCUT2D eigenvalue weighted by Gasteiger charge is -2.33. The van der Waals surface area contributed by atoms with Gasteiger partial charge in [0, 0.05) is 18.0 Å². The van der Waals surface area contributed by atoms with E-state index in [2.05, 4.69) is 31.7 Å². The first-order chi connectivity index (χ1) is 14.1. The van der Waals surface area contributed by atoms with Crippen molar-refractivity contribution < 1.29 is 14.7 Å². The van der Waals surface area contributed by atoms with Crippen LogP contribution in [0.2, 0.25) is 5.02 Å². The lowest BCUT2D eigenvalue weighted by atomic mass is 9.78. The summed E-state index contributed by atoms with van der Waals surface area (Å²) >= 11 is 6.18. The van der Waals surface area contributed by atoms with Crippen LogP contribution in [0, 0.1) is 5.41 Å². The number of nitrogens with one attached hydrogen (secondary N) is 3. The summed E-state index contributed by atoms with van der Waals surface area (Å²) in [6.07, 6.45) is 2.01. The molecule has 2 atom stereocenters. The second-order valence-electron chi connectivity index (χ2n) is 8.70. The summed E-state index contributed by atoms with van der Waals surface area (Å²) in [5, 5.41) is 25.4. The second-order valence-corrected chi connectivity index (χ2v) is 9.14. The normalized spacial score (nSPS) is 18.8. The highest BCUT2D eigenvalue weighted by molar-refractivity contribution is 6.30. The summed E-state index contributed by atoms with van der Waals surface area (Å²) in [5.74, 6) is -1.23. The van der Waals surface area contributed by atoms with Crippen LogP contribution in [0.3, 0.4) is 0 Å². The quantitative estimate of drug-likeness (QED) is 0.516. The number of imide groups is 1. The number of hydrazine groups is 1. The Hall–Kier alpha value is -2.40. The predicted octanol–water partition coefficient (Wildman–Crippen LogP) is 0.535. The fraction of sp³-hybridized carbons (Fsp3) is 0.526. The molecule has 162 valence electrons. The molecule has 2 heterocycles. The molecule has 1 aliphatic rings. The van der Waals surface area contributed by atoms with Gasteiger partial charge < -0.3 is 5.11 Å². The third-order valence-electron chi connectivity index (χ3n) is 4.75. The van der Waals surface area contributed by atoms with Crippen LogP contribution in [0.15, 0.2) is 24.5 Å². The smallest absolute Gasteiger partial charge is 0.258 e. The van der Waals surface area contributed by atoms with Crippen molar-refractivity contribution in [2.75, 3.05) is 6.54 Å². The SMILES string of the molecule is CC(C)(C)C[C@@](O)(Cc1cc(Cl)ccc1-n1cnnn1)C(=O)NC(=O)[C@@H]1CCNN1. The van der Waals surface area contributed by atoms with Crippen molar-refractivity contribution in [1.82, 2.24) is 36.4 Å². The number of hydrogen-bond acceptors (Lipinski definition) is 8. The summed E-state index contributed by atoms with van der Waals surface area (Å²) in [4.78, 5) is 25.5. The minimum Gasteiger partial charge on any atom is -0.380 e. The molecule has 0 aliphatic carbocycles. The van der Waals surface area contributed by atoms with Crippen molar-refractivity contribution in [3.8, 4) is 5.69 Å². The van der Waals surface area contributed by atoms with E-state index in [-0.39, 0.29) is 12.8 Å². The Balaban J connectivity index is 1.91. The van der Waals surface area contributed by atoms with E-state index in [1.165, 1.54) is 11.0 Å². The van der Waals surface area contributed by atoms with E-state index in [4.69, 9.17) is 11.6 Å². The molecule has 0 radical (unpaired) electrons. The van der Waals surface area contributed by atoms with Crippen LogP contribution >= 0.6 is 11.6 Å². The first-order valence-electron chi connectivity index (χ1n) is 9.65. The predicted molar refractivity (Wildman–Crippen MR) is 110 cm³/mol. The van der Waals surface area contributed by atoms with Crippen molar-refractivity contribution in [3.63, 3.8) is 0 Å². The maximum atomic E-state index is 13.1. The molecular weight excluding hydrogens is 410 g/mol. The Morgan fingerprint density at radius 1 is 1.37 bits per heavy atom. The van der Waals surface area contributed by atoms with Crippen molar-refractivity contribution in [2.24, 2.45) is 5.41 Å². The minimum atomic E-state index is -1.85. The lowest BCUT2D eigenvalue weighted by Crippen LogP contribution is -2.55. The van der Waals surface area contributed by atoms with Gasteiger partial charge in [0.15, 0.2) is 0 Å². The van der Waals surface area contributed by atoms with Crippen LogP contribution in [0.25, 0.3) is 5.69 Å². The Labute approximate surface area is 179 Å². The molecule has 0 saturated carbocycles. The highest BCUT2D eigenvalue weighted by Crippen LogP contribution is 2.32. The number of benzene rings is 1. The number of halogens is 1. The number of carbonyl (C=O) groups is 2. The third kappa shape index (κ3) is 5.39. The Bertz CT molecular complexity index is 907. The summed E-state index contributed by atoms with van der Waals surface area (Å²) < 4.78 is 1.43. The first kappa shape index (κ1) is 22.3. The minimum absolute atomic E-state index is 0.0739. The molecule has 4 N–H and O–H groups in total. The average molecular weight is 436 g/mol. The highest BCUT2D eigenvalue weighted by atomic mass is 35.5. The molecule has 2 amide bonds. The van der Waals surface area contributed by atoms with Gasteiger partial charge in [0.05, 0.1) is 5.69 Å². The number of hydrogen-bond donors (Lipinski definition) is 4. The number of amides is 2. The zero-order valence-electron chi connectivity index (χ0n) is 17.1. The van der Waals surface area contributed by atoms with Gasteiger partial charge in [-0.25, -0.2) is 10.1 Å². The Morgan fingerprint density at radius 3 is 2.73 bits per heavy atom. The number of tetrazole rings is 1. The Morgan fingerprint density at radius 2 is 2.13 bits per heavy atom. The molecule has 11 heteroatoms. The van der Waals surface area contributed by atoms with Gasteiger partial charge in [-0.2, -0.15) is 0 Å². The second kappa shape index (κ2) is 8.76. The van der Waals surface area contributed by atoms with Crippen molar-refractivity contribution in [1.29, 1.82) is 0 Å². The van der Waals surface area contributed by atoms with Crippen molar-refractivity contribution >= 4 is 23.4 Å². The molecule has 30 heavy (non-hydrogen) atoms. The fourth-order valence-corrected chi connectivity index (χ4v) is 3.80. The standard InChI is InChI=1S/C19H26ClN7O3/c1-18(2,3)10-19(30,17(29)23-16(28)14-6-7-21-24-14)9-12-8-13(20)4-5-15(12)27-11-22-25-26-27/h4-5,8,11,14,21,24,30H,6-7,9-10H2,1-3H3,(H,23,28,29)/t14-,19-/m0/s1. The Kier molecular flexibility index (Phi) is 6.51. The molecule has 1 aliphatic heterocycles. The maximum Gasteiger partial charge on any atom is 0.258 e. The van der Waals surface area contributed by atoms with Crippen molar-refractivity contribution in [2.45, 2.75) is 51.7 Å². The maximum absolute atomic E-state index is 13.1. The fourth-order valence-electron chi connectivity index (χ4n) is 3.60. The van der Waals surface area contributed by atoms with E-state index < -0.39 is 28.9 Å². The number of aromatic nitrogens is 4. The van der Waals surface area contributed by atoms with Gasteiger partial charge in [-0.3, -0.25) is 20.3 Å². The molecule has 1 aromatic heterocycles. The van der Waals surface area contributed by atoms with E-state index >= 15 is 0 Å². The number of nitrogens with zero attached hydrogens (tertiary/aromatic N) is 4. The van der Waals surface area contributed by atoms with Crippen LogP contribution in [-0.2, 0) is 16.0 Å². The van der Waals surface area contributed by atoms with Gasteiger partial charge in [-0.05, 0) is 52.4 Å². The van der Waals surface area contributed by atoms with Gasteiger partial charge in [-0.1, -0.05) is 32.4 Å². The monoisotopic (exact) mass is 435 g/mol. The molecule has 0 bridgehead atoms. The zero-order chi connectivity index (χ0) is 21.9. The zero-order valence-corrected chi connectivity index (χ0v) is 17.9. The van der Waals surface area contributed by atoms with Crippen LogP contribution in [0.5, 0.6) is 0 Å². The summed E-state index contributed by atoms with van der Waals surface area (Å²) in [6.45, 7) is 6.36. The van der Waals surface area contributed by atoms with Gasteiger partial charge >= 0.3 is 0 Å². The highest BCUT2D eigenvalue weighted by Gasteiger charge is 2.42. The summed E-state index contributed by atoms with van der Waals surface area (Å²) in [7, 11) is 0. The van der Waals surface area contributed by atoms with Gasteiger partial charge in [0.1, 0.15) is 18.0 Å². The molecule has 3 rings (SSSR count). The lowest BCUT2D eigenvalue weighted by molar-refractivity contribution is -0.147. The van der Waals surface area contributed by atoms with Crippen LogP contribution in [0.4, 0.5) is 0 Å². The van der Waals surface area contributed by atoms with Crippen LogP contribution in [0.1, 0.15) is 39.2 Å². The molecule has 0 unspecified atom stereocenters.